The van der Waals surface area contributed by atoms with E-state index in [4.69, 9.17) is 21.9 Å². The van der Waals surface area contributed by atoms with Crippen LogP contribution in [0.2, 0.25) is 0 Å². The summed E-state index contributed by atoms with van der Waals surface area (Å²) >= 11 is 0. The number of Topliss-reactive ketones (excluding diaryl/α,β-unsaturated/α-hetero) is 3. The second-order valence-corrected chi connectivity index (χ2v) is 15.9. The highest BCUT2D eigenvalue weighted by Crippen LogP contribution is 2.45. The molecule has 2 aromatic heterocycles. The number of aliphatic hydroxyl groups is 2. The highest BCUT2D eigenvalue weighted by molar-refractivity contribution is 6.15. The lowest BCUT2D eigenvalue weighted by Crippen LogP contribution is -2.75. The van der Waals surface area contributed by atoms with Crippen molar-refractivity contribution in [3.63, 3.8) is 0 Å². The van der Waals surface area contributed by atoms with Crippen molar-refractivity contribution in [1.29, 1.82) is 0 Å². The highest BCUT2D eigenvalue weighted by atomic mass is 16.5. The molecule has 4 aromatic rings. The molecule has 0 aliphatic carbocycles. The van der Waals surface area contributed by atoms with Gasteiger partial charge in [0.1, 0.15) is 29.9 Å². The van der Waals surface area contributed by atoms with E-state index in [0.29, 0.717) is 17.5 Å². The Balaban J connectivity index is 1.99. The van der Waals surface area contributed by atoms with E-state index >= 15 is 14.4 Å². The number of benzene rings is 2. The van der Waals surface area contributed by atoms with Crippen LogP contribution in [0.25, 0.3) is 10.8 Å². The number of H-pyrrole nitrogens is 1. The van der Waals surface area contributed by atoms with E-state index < -0.39 is 83.5 Å². The second kappa shape index (κ2) is 19.5. The quantitative estimate of drug-likeness (QED) is 0.0567. The second-order valence-electron chi connectivity index (χ2n) is 15.9. The Morgan fingerprint density at radius 3 is 2.21 bits per heavy atom. The summed E-state index contributed by atoms with van der Waals surface area (Å²) in [4.78, 5) is 71.5. The van der Waals surface area contributed by atoms with Crippen LogP contribution < -0.4 is 27.3 Å². The van der Waals surface area contributed by atoms with Crippen LogP contribution in [0.15, 0.2) is 79.4 Å². The summed E-state index contributed by atoms with van der Waals surface area (Å²) in [6.07, 6.45) is 2.06. The molecule has 0 fully saturated rings. The van der Waals surface area contributed by atoms with Crippen molar-refractivity contribution < 1.29 is 34.1 Å². The van der Waals surface area contributed by atoms with Crippen LogP contribution in [-0.2, 0) is 25.6 Å². The molecule has 0 saturated heterocycles. The molecule has 4 rings (SSSR count). The van der Waals surface area contributed by atoms with Crippen molar-refractivity contribution in [2.24, 2.45) is 40.4 Å². The van der Waals surface area contributed by atoms with Gasteiger partial charge >= 0.3 is 0 Å². The number of nitrogens with one attached hydrogen (secondary N) is 2. The lowest BCUT2D eigenvalue weighted by Gasteiger charge is -2.49. The van der Waals surface area contributed by atoms with Gasteiger partial charge in [0.15, 0.2) is 17.2 Å². The third kappa shape index (κ3) is 9.82. The summed E-state index contributed by atoms with van der Waals surface area (Å²) in [6, 6.07) is 11.8. The molecule has 0 bridgehead atoms. The van der Waals surface area contributed by atoms with Gasteiger partial charge in [-0.3, -0.25) is 24.2 Å². The van der Waals surface area contributed by atoms with Gasteiger partial charge in [-0.15, -0.1) is 0 Å². The number of ether oxygens (including phenoxy) is 1. The van der Waals surface area contributed by atoms with Crippen LogP contribution in [0.3, 0.4) is 0 Å². The lowest BCUT2D eigenvalue weighted by molar-refractivity contribution is -0.197. The molecule has 0 radical (unpaired) electrons. The number of hydrogen-bond acceptors (Lipinski definition) is 12. The Labute approximate surface area is 334 Å². The molecule has 14 heteroatoms. The van der Waals surface area contributed by atoms with Crippen LogP contribution in [0.5, 0.6) is 5.75 Å². The van der Waals surface area contributed by atoms with E-state index in [1.807, 2.05) is 39.0 Å². The number of carbonyl (C=O) groups excluding carboxylic acids is 4. The molecule has 2 heterocycles. The predicted molar refractivity (Wildman–Crippen MR) is 218 cm³/mol. The maximum Gasteiger partial charge on any atom is 0.238 e. The number of rotatable bonds is 22. The number of ketones is 3. The molecular formula is C43H59N7O7. The zero-order valence-corrected chi connectivity index (χ0v) is 33.7. The van der Waals surface area contributed by atoms with E-state index in [9.17, 15) is 15.0 Å². The molecule has 1 amide bonds. The van der Waals surface area contributed by atoms with Crippen LogP contribution in [0.1, 0.15) is 78.2 Å². The Bertz CT molecular complexity index is 1950. The van der Waals surface area contributed by atoms with E-state index in [1.54, 1.807) is 57.2 Å². The SMILES string of the molecule is CC[C@H](C)[C@H](N)C(=O)C(NC(=O)[C@](CC(C)C)(C(=O)[C@@H](N)Cc1c[nH]cn1)[C@@](O)(C(=O)COc1cccc2ccccc12)[C@@H](O)[C@@H](N)CC(C)C)c1ccccn1. The fourth-order valence-corrected chi connectivity index (χ4v) is 7.50. The van der Waals surface area contributed by atoms with Gasteiger partial charge in [-0.1, -0.05) is 90.4 Å². The number of fused-ring (bicyclic) bond motifs is 1. The van der Waals surface area contributed by atoms with Crippen LogP contribution in [0, 0.1) is 23.2 Å². The number of aromatic nitrogens is 3. The maximum atomic E-state index is 15.5. The van der Waals surface area contributed by atoms with Gasteiger partial charge in [-0.05, 0) is 54.2 Å². The zero-order chi connectivity index (χ0) is 42.1. The molecule has 0 aliphatic rings. The number of nitrogens with zero attached hydrogens (tertiary/aromatic N) is 2. The first-order chi connectivity index (χ1) is 27.0. The summed E-state index contributed by atoms with van der Waals surface area (Å²) < 4.78 is 6.07. The van der Waals surface area contributed by atoms with Crippen molar-refractivity contribution in [1.82, 2.24) is 20.3 Å². The number of hydrogen-bond donors (Lipinski definition) is 7. The molecule has 0 aliphatic heterocycles. The van der Waals surface area contributed by atoms with Gasteiger partial charge in [0.05, 0.1) is 29.8 Å². The molecule has 8 atom stereocenters. The molecule has 2 aromatic carbocycles. The number of carbonyl (C=O) groups is 4. The molecule has 0 saturated carbocycles. The monoisotopic (exact) mass is 785 g/mol. The number of aromatic amines is 1. The van der Waals surface area contributed by atoms with Crippen molar-refractivity contribution >= 4 is 34.0 Å². The normalized spacial score (nSPS) is 17.1. The first-order valence-corrected chi connectivity index (χ1v) is 19.6. The first-order valence-electron chi connectivity index (χ1n) is 19.6. The summed E-state index contributed by atoms with van der Waals surface area (Å²) in [5, 5.41) is 29.8. The Hall–Kier alpha value is -4.86. The maximum absolute atomic E-state index is 15.5. The Morgan fingerprint density at radius 1 is 0.912 bits per heavy atom. The minimum Gasteiger partial charge on any atom is -0.485 e. The van der Waals surface area contributed by atoms with Crippen LogP contribution >= 0.6 is 0 Å². The Kier molecular flexibility index (Phi) is 15.4. The Morgan fingerprint density at radius 2 is 1.60 bits per heavy atom. The third-order valence-electron chi connectivity index (χ3n) is 10.7. The standard InChI is InChI=1S/C43H59N7O7/c1-7-27(6)36(46)38(52)37(33-16-10-11-18-48-33)50-41(55)42(21-26(4)5,39(53)32(45)20-29-22-47-24-49-29)43(56,40(54)31(44)19-25(2)3)35(51)23-57-34-17-12-14-28-13-8-9-15-30(28)34/h8-18,22,24-27,31-32,36-37,40,54,56H,7,19-21,23,44-46H2,1-6H3,(H,47,49)(H,50,55)/t27-,31-,32-,36-,37?,40-,42-,43+/m0/s1. The zero-order valence-electron chi connectivity index (χ0n) is 33.7. The van der Waals surface area contributed by atoms with Crippen molar-refractivity contribution in [2.45, 2.75) is 103 Å². The third-order valence-corrected chi connectivity index (χ3v) is 10.7. The largest absolute Gasteiger partial charge is 0.485 e. The number of imidazole rings is 1. The fourth-order valence-electron chi connectivity index (χ4n) is 7.50. The van der Waals surface area contributed by atoms with E-state index in [-0.39, 0.29) is 36.1 Å². The fraction of sp³-hybridized carbons (Fsp3) is 0.488. The first kappa shape index (κ1) is 44.8. The van der Waals surface area contributed by atoms with E-state index in [2.05, 4.69) is 20.3 Å². The van der Waals surface area contributed by atoms with E-state index in [0.717, 1.165) is 5.39 Å². The van der Waals surface area contributed by atoms with Crippen LogP contribution in [-0.4, -0.2) is 84.9 Å². The van der Waals surface area contributed by atoms with Gasteiger partial charge in [0, 0.05) is 30.2 Å². The molecule has 1 unspecified atom stereocenters. The predicted octanol–water partition coefficient (Wildman–Crippen LogP) is 3.34. The highest BCUT2D eigenvalue weighted by Gasteiger charge is 2.69. The minimum absolute atomic E-state index is 0.0899. The lowest BCUT2D eigenvalue weighted by atomic mass is 9.57. The van der Waals surface area contributed by atoms with Crippen molar-refractivity contribution in [2.75, 3.05) is 6.61 Å². The molecule has 0 spiro atoms. The number of nitrogens with two attached hydrogens (primary N) is 3. The molecule has 308 valence electrons. The molecule has 14 nitrogen and oxygen atoms in total. The topological polar surface area (TPSA) is 250 Å². The number of pyridine rings is 1. The average molecular weight is 786 g/mol. The summed E-state index contributed by atoms with van der Waals surface area (Å²) in [6.45, 7) is 9.82. The number of aliphatic hydroxyl groups excluding tert-OH is 1. The average Bonchev–Trinajstić information content (AvgIpc) is 3.72. The number of amides is 1. The van der Waals surface area contributed by atoms with Gasteiger partial charge in [-0.2, -0.15) is 0 Å². The van der Waals surface area contributed by atoms with E-state index in [1.165, 1.54) is 24.8 Å². The van der Waals surface area contributed by atoms with Gasteiger partial charge < -0.3 is 42.5 Å². The van der Waals surface area contributed by atoms with Crippen LogP contribution in [0.4, 0.5) is 0 Å². The van der Waals surface area contributed by atoms with Gasteiger partial charge in [0.25, 0.3) is 0 Å². The smallest absolute Gasteiger partial charge is 0.238 e. The molecule has 10 N–H and O–H groups in total. The summed E-state index contributed by atoms with van der Waals surface area (Å²) in [7, 11) is 0. The summed E-state index contributed by atoms with van der Waals surface area (Å²) in [5.74, 6) is -4.89. The van der Waals surface area contributed by atoms with Gasteiger partial charge in [0.2, 0.25) is 11.7 Å². The van der Waals surface area contributed by atoms with Crippen molar-refractivity contribution in [3.8, 4) is 5.75 Å². The minimum atomic E-state index is -3.27. The molecule has 57 heavy (non-hydrogen) atoms. The van der Waals surface area contributed by atoms with Gasteiger partial charge in [-0.25, -0.2) is 4.98 Å². The summed E-state index contributed by atoms with van der Waals surface area (Å²) in [5.41, 5.74) is 14.0. The van der Waals surface area contributed by atoms with Crippen molar-refractivity contribution in [3.05, 3.63) is 90.8 Å². The molecular weight excluding hydrogens is 727 g/mol.